The van der Waals surface area contributed by atoms with Crippen molar-refractivity contribution in [2.24, 2.45) is 39.4 Å². The summed E-state index contributed by atoms with van der Waals surface area (Å²) in [6.45, 7) is 22.2. The molecule has 4 aliphatic rings. The van der Waals surface area contributed by atoms with E-state index in [4.69, 9.17) is 4.74 Å². The molecule has 0 aromatic heterocycles. The van der Waals surface area contributed by atoms with Gasteiger partial charge in [0.1, 0.15) is 6.10 Å². The van der Waals surface area contributed by atoms with Crippen LogP contribution in [0.15, 0.2) is 22.8 Å². The summed E-state index contributed by atoms with van der Waals surface area (Å²) in [5.74, 6) is 2.30. The van der Waals surface area contributed by atoms with Crippen LogP contribution in [-0.2, 0) is 9.53 Å². The highest BCUT2D eigenvalue weighted by Gasteiger charge is 2.63. The Balaban J connectivity index is 1.21. The first-order valence-corrected chi connectivity index (χ1v) is 22.4. The molecular weight excluding hydrogens is 609 g/mol. The fourth-order valence-corrected chi connectivity index (χ4v) is 12.5. The zero-order chi connectivity index (χ0) is 36.4. The summed E-state index contributed by atoms with van der Waals surface area (Å²) in [5, 5.41) is 0. The molecule has 0 saturated heterocycles. The average Bonchev–Trinajstić information content (AvgIpc) is 3.35. The van der Waals surface area contributed by atoms with E-state index in [0.29, 0.717) is 23.2 Å². The molecule has 2 fully saturated rings. The summed E-state index contributed by atoms with van der Waals surface area (Å²) in [6.07, 6.45) is 36.2. The maximum Gasteiger partial charge on any atom is 0.306 e. The number of hydrogen-bond acceptors (Lipinski definition) is 2. The highest BCUT2D eigenvalue weighted by Crippen LogP contribution is 2.72. The largest absolute Gasteiger partial charge is 0.462 e. The molecule has 50 heavy (non-hydrogen) atoms. The summed E-state index contributed by atoms with van der Waals surface area (Å²) in [7, 11) is 0. The van der Waals surface area contributed by atoms with Crippen LogP contribution in [-0.4, -0.2) is 12.1 Å². The first-order chi connectivity index (χ1) is 23.8. The molecular formula is C48H84O2. The Morgan fingerprint density at radius 1 is 0.740 bits per heavy atom. The highest BCUT2D eigenvalue weighted by atomic mass is 16.5. The van der Waals surface area contributed by atoms with Gasteiger partial charge in [-0.05, 0) is 118 Å². The molecule has 2 heteroatoms. The number of carbonyl (C=O) groups excluding carboxylic acids is 1. The molecule has 4 aliphatic carbocycles. The van der Waals surface area contributed by atoms with Gasteiger partial charge < -0.3 is 4.74 Å². The molecule has 0 heterocycles. The molecule has 0 spiro atoms. The maximum absolute atomic E-state index is 13.2. The Morgan fingerprint density at radius 2 is 1.32 bits per heavy atom. The van der Waals surface area contributed by atoms with Crippen molar-refractivity contribution in [3.63, 3.8) is 0 Å². The van der Waals surface area contributed by atoms with E-state index in [1.165, 1.54) is 153 Å². The number of ether oxygens (including phenoxy) is 1. The van der Waals surface area contributed by atoms with Crippen LogP contribution >= 0.6 is 0 Å². The molecule has 4 rings (SSSR count). The van der Waals surface area contributed by atoms with Crippen molar-refractivity contribution in [2.45, 2.75) is 235 Å². The zero-order valence-corrected chi connectivity index (χ0v) is 35.1. The summed E-state index contributed by atoms with van der Waals surface area (Å²) < 4.78 is 6.39. The van der Waals surface area contributed by atoms with Crippen LogP contribution in [0.1, 0.15) is 229 Å². The van der Waals surface area contributed by atoms with E-state index in [1.54, 1.807) is 0 Å². The standard InChI is InChI=1S/C48H84O2/c1-10-11-12-13-14-15-16-17-18-19-20-21-22-23-24-28-44(49)50-43-33-34-46(7)40-32-36-47(8)39(38(4)27-25-26-37(2)3)31-35-48(47,9)41(40)29-30-42(46)45(43,5)6/h26,38-39,42-43H,10-25,27-36H2,1-9H3/t38-,39-,42+,43+,46-,47-,48+/m1/s1. The van der Waals surface area contributed by atoms with Gasteiger partial charge in [-0.2, -0.15) is 0 Å². The number of rotatable bonds is 21. The van der Waals surface area contributed by atoms with Crippen molar-refractivity contribution in [1.82, 2.24) is 0 Å². The van der Waals surface area contributed by atoms with Gasteiger partial charge in [-0.1, -0.05) is 161 Å². The SMILES string of the molecule is CCCCCCCCCCCCCCCCCC(=O)O[C@H]1CC[C@]2(C)C3=C(CC[C@H]2C1(C)C)[C@]1(C)CC[C@H]([C@H](C)CCC=C(C)C)[C@@]1(C)CC3. The van der Waals surface area contributed by atoms with Crippen molar-refractivity contribution >= 4 is 5.97 Å². The second-order valence-electron chi connectivity index (χ2n) is 19.7. The number of unbranched alkanes of at least 4 members (excludes halogenated alkanes) is 14. The molecule has 0 aliphatic heterocycles. The Hall–Kier alpha value is -1.05. The second-order valence-corrected chi connectivity index (χ2v) is 19.7. The maximum atomic E-state index is 13.2. The summed E-state index contributed by atoms with van der Waals surface area (Å²) >= 11 is 0. The molecule has 0 unspecified atom stereocenters. The third-order valence-corrected chi connectivity index (χ3v) is 15.9. The lowest BCUT2D eigenvalue weighted by molar-refractivity contribution is -0.170. The van der Waals surface area contributed by atoms with Crippen molar-refractivity contribution < 1.29 is 9.53 Å². The molecule has 0 N–H and O–H groups in total. The fraction of sp³-hybridized carbons (Fsp3) is 0.896. The Bertz CT molecular complexity index is 1120. The van der Waals surface area contributed by atoms with Crippen LogP contribution < -0.4 is 0 Å². The van der Waals surface area contributed by atoms with Gasteiger partial charge >= 0.3 is 5.97 Å². The highest BCUT2D eigenvalue weighted by molar-refractivity contribution is 5.69. The van der Waals surface area contributed by atoms with Crippen LogP contribution in [0.4, 0.5) is 0 Å². The summed E-state index contributed by atoms with van der Waals surface area (Å²) in [6, 6.07) is 0. The fourth-order valence-electron chi connectivity index (χ4n) is 12.5. The average molecular weight is 693 g/mol. The molecule has 0 amide bonds. The van der Waals surface area contributed by atoms with Crippen molar-refractivity contribution in [1.29, 1.82) is 0 Å². The van der Waals surface area contributed by atoms with Gasteiger partial charge in [-0.3, -0.25) is 4.79 Å². The van der Waals surface area contributed by atoms with Crippen molar-refractivity contribution in [2.75, 3.05) is 0 Å². The van der Waals surface area contributed by atoms with Crippen LogP contribution in [0.25, 0.3) is 0 Å². The van der Waals surface area contributed by atoms with E-state index >= 15 is 0 Å². The topological polar surface area (TPSA) is 26.3 Å². The molecule has 0 radical (unpaired) electrons. The normalized spacial score (nSPS) is 32.2. The van der Waals surface area contributed by atoms with E-state index in [2.05, 4.69) is 68.4 Å². The number of hydrogen-bond donors (Lipinski definition) is 0. The van der Waals surface area contributed by atoms with Crippen LogP contribution in [0.2, 0.25) is 0 Å². The monoisotopic (exact) mass is 693 g/mol. The lowest BCUT2D eigenvalue weighted by atomic mass is 9.43. The molecule has 0 aromatic carbocycles. The predicted octanol–water partition coefficient (Wildman–Crippen LogP) is 15.3. The Kier molecular flexibility index (Phi) is 15.7. The van der Waals surface area contributed by atoms with E-state index in [0.717, 1.165) is 24.7 Å². The number of fused-ring (bicyclic) bond motifs is 4. The van der Waals surface area contributed by atoms with Gasteiger partial charge in [0.25, 0.3) is 0 Å². The Morgan fingerprint density at radius 3 is 1.90 bits per heavy atom. The first-order valence-electron chi connectivity index (χ1n) is 22.4. The van der Waals surface area contributed by atoms with Gasteiger partial charge in [0.05, 0.1) is 0 Å². The van der Waals surface area contributed by atoms with E-state index in [9.17, 15) is 4.79 Å². The molecule has 7 atom stereocenters. The zero-order valence-electron chi connectivity index (χ0n) is 35.1. The van der Waals surface area contributed by atoms with Crippen molar-refractivity contribution in [3.8, 4) is 0 Å². The number of carbonyl (C=O) groups is 1. The van der Waals surface area contributed by atoms with E-state index in [1.807, 2.05) is 11.1 Å². The summed E-state index contributed by atoms with van der Waals surface area (Å²) in [4.78, 5) is 13.2. The molecule has 2 nitrogen and oxygen atoms in total. The quantitative estimate of drug-likeness (QED) is 0.0680. The third kappa shape index (κ3) is 9.54. The molecule has 0 aromatic rings. The van der Waals surface area contributed by atoms with Crippen LogP contribution in [0.5, 0.6) is 0 Å². The second kappa shape index (κ2) is 18.8. The van der Waals surface area contributed by atoms with Crippen LogP contribution in [0.3, 0.4) is 0 Å². The summed E-state index contributed by atoms with van der Waals surface area (Å²) in [5.41, 5.74) is 6.25. The van der Waals surface area contributed by atoms with E-state index < -0.39 is 0 Å². The molecule has 288 valence electrons. The predicted molar refractivity (Wildman–Crippen MR) is 216 cm³/mol. The number of allylic oxidation sites excluding steroid dienone is 4. The number of esters is 1. The minimum absolute atomic E-state index is 0.0234. The molecule has 2 saturated carbocycles. The van der Waals surface area contributed by atoms with Gasteiger partial charge in [-0.25, -0.2) is 0 Å². The lowest BCUT2D eigenvalue weighted by Gasteiger charge is -2.62. The first kappa shape index (κ1) is 41.7. The van der Waals surface area contributed by atoms with Gasteiger partial charge in [0.2, 0.25) is 0 Å². The van der Waals surface area contributed by atoms with E-state index in [-0.39, 0.29) is 22.9 Å². The molecule has 0 bridgehead atoms. The Labute approximate surface area is 312 Å². The van der Waals surface area contributed by atoms with Gasteiger partial charge in [-0.15, -0.1) is 0 Å². The van der Waals surface area contributed by atoms with Gasteiger partial charge in [0.15, 0.2) is 0 Å². The smallest absolute Gasteiger partial charge is 0.306 e. The van der Waals surface area contributed by atoms with Crippen LogP contribution in [0, 0.1) is 39.4 Å². The van der Waals surface area contributed by atoms with Gasteiger partial charge in [0, 0.05) is 11.8 Å². The third-order valence-electron chi connectivity index (χ3n) is 15.9. The minimum Gasteiger partial charge on any atom is -0.462 e. The van der Waals surface area contributed by atoms with Crippen molar-refractivity contribution in [3.05, 3.63) is 22.8 Å². The lowest BCUT2D eigenvalue weighted by Crippen LogP contribution is -2.55. The minimum atomic E-state index is 0.0234.